The molecule has 0 saturated carbocycles. The number of aryl methyl sites for hydroxylation is 2. The van der Waals surface area contributed by atoms with E-state index in [4.69, 9.17) is 18.9 Å². The number of unbranched alkanes of at least 4 members (excludes halogenated alkanes) is 10. The topological polar surface area (TPSA) is 74.2 Å². The zero-order valence-electron chi connectivity index (χ0n) is 25.7. The largest absolute Gasteiger partial charge is 0.491 e. The van der Waals surface area contributed by atoms with E-state index in [2.05, 4.69) is 38.1 Å². The van der Waals surface area contributed by atoms with Crippen LogP contribution in [0.2, 0.25) is 0 Å². The standard InChI is InChI=1S/C34H55O6P/c1-3-5-7-9-11-13-15-31-17-21-33(22-18-31)39-27-25-37-29-41(35,36)30-38-26-28-40-34-23-19-32(20-24-34)16-14-12-10-8-6-4-2/h17-24H,3-16,25-30H2,1-2H3,(H,35,36). The van der Waals surface area contributed by atoms with Gasteiger partial charge in [0.25, 0.3) is 0 Å². The van der Waals surface area contributed by atoms with E-state index >= 15 is 0 Å². The summed E-state index contributed by atoms with van der Waals surface area (Å²) < 4.78 is 34.5. The van der Waals surface area contributed by atoms with Crippen molar-refractivity contribution < 1.29 is 28.4 Å². The van der Waals surface area contributed by atoms with Crippen LogP contribution in [0.15, 0.2) is 48.5 Å². The summed E-state index contributed by atoms with van der Waals surface area (Å²) in [5, 5.41) is 0. The summed E-state index contributed by atoms with van der Waals surface area (Å²) in [6, 6.07) is 16.3. The predicted octanol–water partition coefficient (Wildman–Crippen LogP) is 9.17. The molecule has 0 aliphatic carbocycles. The summed E-state index contributed by atoms with van der Waals surface area (Å²) in [5.41, 5.74) is 2.65. The lowest BCUT2D eigenvalue weighted by Crippen LogP contribution is -2.11. The molecule has 6 nitrogen and oxygen atoms in total. The average Bonchev–Trinajstić information content (AvgIpc) is 2.97. The lowest BCUT2D eigenvalue weighted by Gasteiger charge is -2.13. The summed E-state index contributed by atoms with van der Waals surface area (Å²) in [6.45, 7) is 5.61. The highest BCUT2D eigenvalue weighted by Gasteiger charge is 2.18. The quantitative estimate of drug-likeness (QED) is 0.0870. The molecule has 0 unspecified atom stereocenters. The Morgan fingerprint density at radius 1 is 0.537 bits per heavy atom. The van der Waals surface area contributed by atoms with Crippen LogP contribution in [0.25, 0.3) is 0 Å². The van der Waals surface area contributed by atoms with Crippen LogP contribution in [0, 0.1) is 0 Å². The molecule has 41 heavy (non-hydrogen) atoms. The zero-order chi connectivity index (χ0) is 29.4. The first-order valence-corrected chi connectivity index (χ1v) is 17.9. The van der Waals surface area contributed by atoms with Crippen LogP contribution in [-0.4, -0.2) is 44.0 Å². The maximum atomic E-state index is 12.3. The van der Waals surface area contributed by atoms with Crippen molar-refractivity contribution in [3.63, 3.8) is 0 Å². The molecule has 0 spiro atoms. The molecule has 0 fully saturated rings. The van der Waals surface area contributed by atoms with Gasteiger partial charge < -0.3 is 23.8 Å². The molecule has 0 amide bonds. The molecular weight excluding hydrogens is 535 g/mol. The van der Waals surface area contributed by atoms with E-state index in [1.54, 1.807) is 0 Å². The lowest BCUT2D eigenvalue weighted by atomic mass is 10.0. The highest BCUT2D eigenvalue weighted by atomic mass is 31.2. The summed E-state index contributed by atoms with van der Waals surface area (Å²) >= 11 is 0. The first-order valence-electron chi connectivity index (χ1n) is 15.9. The molecule has 232 valence electrons. The van der Waals surface area contributed by atoms with Gasteiger partial charge in [0.15, 0.2) is 0 Å². The fraction of sp³-hybridized carbons (Fsp3) is 0.647. The van der Waals surface area contributed by atoms with Crippen molar-refractivity contribution in [1.82, 2.24) is 0 Å². The highest BCUT2D eigenvalue weighted by Crippen LogP contribution is 2.40. The van der Waals surface area contributed by atoms with Crippen molar-refractivity contribution in [3.05, 3.63) is 59.7 Å². The monoisotopic (exact) mass is 590 g/mol. The maximum absolute atomic E-state index is 12.3. The summed E-state index contributed by atoms with van der Waals surface area (Å²) in [6.07, 6.45) is 17.3. The SMILES string of the molecule is CCCCCCCCc1ccc(OCCOCP(=O)(O)COCCOc2ccc(CCCCCCCC)cc2)cc1. The van der Waals surface area contributed by atoms with Gasteiger partial charge in [0.05, 0.1) is 13.2 Å². The highest BCUT2D eigenvalue weighted by molar-refractivity contribution is 7.57. The molecule has 0 aliphatic rings. The number of ether oxygens (including phenoxy) is 4. The third-order valence-electron chi connectivity index (χ3n) is 7.06. The zero-order valence-corrected chi connectivity index (χ0v) is 26.6. The van der Waals surface area contributed by atoms with Gasteiger partial charge in [0.2, 0.25) is 7.37 Å². The predicted molar refractivity (Wildman–Crippen MR) is 169 cm³/mol. The molecule has 0 bridgehead atoms. The smallest absolute Gasteiger partial charge is 0.250 e. The molecule has 7 heteroatoms. The summed E-state index contributed by atoms with van der Waals surface area (Å²) in [5.74, 6) is 1.56. The molecular formula is C34H55O6P. The molecule has 2 aromatic rings. The number of hydrogen-bond donors (Lipinski definition) is 1. The van der Waals surface area contributed by atoms with E-state index in [9.17, 15) is 9.46 Å². The van der Waals surface area contributed by atoms with Crippen molar-refractivity contribution in [1.29, 1.82) is 0 Å². The van der Waals surface area contributed by atoms with Gasteiger partial charge in [-0.05, 0) is 61.1 Å². The van der Waals surface area contributed by atoms with Crippen LogP contribution in [-0.2, 0) is 26.9 Å². The first-order chi connectivity index (χ1) is 20.0. The van der Waals surface area contributed by atoms with Crippen LogP contribution in [0.3, 0.4) is 0 Å². The summed E-state index contributed by atoms with van der Waals surface area (Å²) in [7, 11) is -3.53. The Morgan fingerprint density at radius 2 is 0.902 bits per heavy atom. The van der Waals surface area contributed by atoms with Gasteiger partial charge in [0, 0.05) is 0 Å². The van der Waals surface area contributed by atoms with Crippen molar-refractivity contribution in [2.45, 2.75) is 104 Å². The fourth-order valence-electron chi connectivity index (χ4n) is 4.61. The van der Waals surface area contributed by atoms with E-state index < -0.39 is 7.37 Å². The van der Waals surface area contributed by atoms with Gasteiger partial charge in [-0.25, -0.2) is 0 Å². The molecule has 0 aliphatic heterocycles. The Morgan fingerprint density at radius 3 is 1.29 bits per heavy atom. The van der Waals surface area contributed by atoms with Gasteiger partial charge in [-0.1, -0.05) is 102 Å². The average molecular weight is 591 g/mol. The molecule has 1 N–H and O–H groups in total. The van der Waals surface area contributed by atoms with Crippen LogP contribution >= 0.6 is 7.37 Å². The second-order valence-electron chi connectivity index (χ2n) is 10.9. The lowest BCUT2D eigenvalue weighted by molar-refractivity contribution is 0.108. The molecule has 2 aromatic carbocycles. The molecule has 0 saturated heterocycles. The van der Waals surface area contributed by atoms with Gasteiger partial charge >= 0.3 is 0 Å². The Hall–Kier alpha value is -1.85. The number of rotatable bonds is 26. The van der Waals surface area contributed by atoms with E-state index in [1.165, 1.54) is 88.2 Å². The van der Waals surface area contributed by atoms with Gasteiger partial charge in [-0.3, -0.25) is 4.57 Å². The minimum Gasteiger partial charge on any atom is -0.491 e. The van der Waals surface area contributed by atoms with Crippen molar-refractivity contribution in [2.24, 2.45) is 0 Å². The second kappa shape index (κ2) is 22.7. The van der Waals surface area contributed by atoms with Crippen molar-refractivity contribution in [2.75, 3.05) is 39.1 Å². The van der Waals surface area contributed by atoms with Crippen LogP contribution in [0.4, 0.5) is 0 Å². The Labute approximate surface area is 249 Å². The Bertz CT molecular complexity index is 858. The van der Waals surface area contributed by atoms with E-state index in [1.807, 2.05) is 24.3 Å². The maximum Gasteiger partial charge on any atom is 0.250 e. The van der Waals surface area contributed by atoms with Crippen molar-refractivity contribution >= 4 is 7.37 Å². The Kier molecular flexibility index (Phi) is 19.6. The number of benzene rings is 2. The third-order valence-corrected chi connectivity index (χ3v) is 8.24. The second-order valence-corrected chi connectivity index (χ2v) is 13.2. The van der Waals surface area contributed by atoms with Crippen LogP contribution in [0.5, 0.6) is 11.5 Å². The van der Waals surface area contributed by atoms with E-state index in [0.717, 1.165) is 24.3 Å². The minimum absolute atomic E-state index is 0.238. The fourth-order valence-corrected chi connectivity index (χ4v) is 5.52. The third kappa shape index (κ3) is 18.3. The molecule has 0 radical (unpaired) electrons. The van der Waals surface area contributed by atoms with Gasteiger partial charge in [-0.2, -0.15) is 0 Å². The van der Waals surface area contributed by atoms with E-state index in [-0.39, 0.29) is 25.9 Å². The molecule has 0 heterocycles. The molecule has 0 aromatic heterocycles. The first kappa shape index (κ1) is 35.3. The minimum atomic E-state index is -3.53. The molecule has 2 rings (SSSR count). The Balaban J connectivity index is 1.47. The van der Waals surface area contributed by atoms with E-state index in [0.29, 0.717) is 13.2 Å². The normalized spacial score (nSPS) is 11.6. The number of hydrogen-bond acceptors (Lipinski definition) is 5. The van der Waals surface area contributed by atoms with Crippen LogP contribution in [0.1, 0.15) is 102 Å². The van der Waals surface area contributed by atoms with Crippen LogP contribution < -0.4 is 9.47 Å². The van der Waals surface area contributed by atoms with Crippen molar-refractivity contribution in [3.8, 4) is 11.5 Å². The summed E-state index contributed by atoms with van der Waals surface area (Å²) in [4.78, 5) is 10.1. The van der Waals surface area contributed by atoms with Gasteiger partial charge in [-0.15, -0.1) is 0 Å². The molecule has 0 atom stereocenters. The van der Waals surface area contributed by atoms with Gasteiger partial charge in [0.1, 0.15) is 37.4 Å².